The summed E-state index contributed by atoms with van der Waals surface area (Å²) in [4.78, 5) is 14.2. The van der Waals surface area contributed by atoms with E-state index in [1.165, 1.54) is 22.4 Å². The SMILES string of the molecule is Cc1cc(-n2ncc3c2CCN(CCc2ccc4c(c2C)COC4=O)C3)ccc1C#N. The van der Waals surface area contributed by atoms with Crippen LogP contribution in [0.4, 0.5) is 0 Å². The Bertz CT molecular complexity index is 1240. The Morgan fingerprint density at radius 1 is 1.23 bits per heavy atom. The Morgan fingerprint density at radius 2 is 2.10 bits per heavy atom. The Labute approximate surface area is 181 Å². The lowest BCUT2D eigenvalue weighted by molar-refractivity contribution is 0.0535. The van der Waals surface area contributed by atoms with Crippen molar-refractivity contribution in [3.63, 3.8) is 0 Å². The molecule has 0 fully saturated rings. The molecule has 0 spiro atoms. The van der Waals surface area contributed by atoms with Gasteiger partial charge >= 0.3 is 5.97 Å². The van der Waals surface area contributed by atoms with E-state index < -0.39 is 0 Å². The molecule has 0 atom stereocenters. The van der Waals surface area contributed by atoms with Crippen molar-refractivity contribution in [3.05, 3.63) is 81.2 Å². The molecule has 2 aromatic carbocycles. The molecule has 2 aliphatic rings. The number of hydrogen-bond donors (Lipinski definition) is 0. The first kappa shape index (κ1) is 19.5. The number of cyclic esters (lactones) is 1. The number of nitriles is 1. The monoisotopic (exact) mass is 412 g/mol. The lowest BCUT2D eigenvalue weighted by atomic mass is 9.96. The van der Waals surface area contributed by atoms with Gasteiger partial charge in [0.1, 0.15) is 6.61 Å². The van der Waals surface area contributed by atoms with Gasteiger partial charge in [-0.25, -0.2) is 9.48 Å². The van der Waals surface area contributed by atoms with Crippen LogP contribution in [0.2, 0.25) is 0 Å². The maximum atomic E-state index is 11.8. The first-order valence-electron chi connectivity index (χ1n) is 10.6. The third-order valence-corrected chi connectivity index (χ3v) is 6.56. The standard InChI is InChI=1S/C25H24N4O2/c1-16-11-21(5-3-19(16)12-26)29-24-8-10-28(14-20(24)13-27-29)9-7-18-4-6-22-23(17(18)2)15-31-25(22)30/h3-6,11,13H,7-10,14-15H2,1-2H3. The van der Waals surface area contributed by atoms with Crippen LogP contribution in [0.25, 0.3) is 5.69 Å². The molecule has 6 heteroatoms. The summed E-state index contributed by atoms with van der Waals surface area (Å²) in [5.74, 6) is -0.206. The van der Waals surface area contributed by atoms with Gasteiger partial charge in [0.25, 0.3) is 0 Å². The van der Waals surface area contributed by atoms with Crippen LogP contribution in [0.3, 0.4) is 0 Å². The smallest absolute Gasteiger partial charge is 0.338 e. The van der Waals surface area contributed by atoms with Crippen molar-refractivity contribution in [2.24, 2.45) is 0 Å². The zero-order chi connectivity index (χ0) is 21.5. The van der Waals surface area contributed by atoms with Gasteiger partial charge < -0.3 is 4.74 Å². The molecule has 0 N–H and O–H groups in total. The van der Waals surface area contributed by atoms with Crippen LogP contribution in [0, 0.1) is 25.2 Å². The first-order valence-corrected chi connectivity index (χ1v) is 10.6. The molecule has 0 radical (unpaired) electrons. The number of aromatic nitrogens is 2. The molecule has 0 unspecified atom stereocenters. The number of benzene rings is 2. The third kappa shape index (κ3) is 3.41. The van der Waals surface area contributed by atoms with E-state index in [2.05, 4.69) is 29.1 Å². The molecule has 0 amide bonds. The summed E-state index contributed by atoms with van der Waals surface area (Å²) in [7, 11) is 0. The van der Waals surface area contributed by atoms with Crippen molar-refractivity contribution in [1.82, 2.24) is 14.7 Å². The lowest BCUT2D eigenvalue weighted by Gasteiger charge is -2.27. The van der Waals surface area contributed by atoms with E-state index in [0.29, 0.717) is 17.7 Å². The minimum Gasteiger partial charge on any atom is -0.457 e. The van der Waals surface area contributed by atoms with E-state index in [9.17, 15) is 4.79 Å². The molecule has 0 saturated heterocycles. The van der Waals surface area contributed by atoms with E-state index in [1.807, 2.05) is 42.1 Å². The van der Waals surface area contributed by atoms with E-state index in [4.69, 9.17) is 10.00 Å². The normalized spacial score (nSPS) is 15.3. The molecule has 5 rings (SSSR count). The van der Waals surface area contributed by atoms with Gasteiger partial charge in [0.2, 0.25) is 0 Å². The van der Waals surface area contributed by atoms with Crippen LogP contribution in [0.1, 0.15) is 49.4 Å². The highest BCUT2D eigenvalue weighted by Gasteiger charge is 2.25. The van der Waals surface area contributed by atoms with E-state index in [1.54, 1.807) is 0 Å². The average molecular weight is 412 g/mol. The predicted octanol–water partition coefficient (Wildman–Crippen LogP) is 3.63. The number of hydrogen-bond acceptors (Lipinski definition) is 5. The predicted molar refractivity (Wildman–Crippen MR) is 116 cm³/mol. The van der Waals surface area contributed by atoms with Gasteiger partial charge in [-0.3, -0.25) is 4.90 Å². The molecule has 2 aliphatic heterocycles. The Kier molecular flexibility index (Phi) is 4.84. The fourth-order valence-corrected chi connectivity index (χ4v) is 4.66. The maximum Gasteiger partial charge on any atom is 0.338 e. The summed E-state index contributed by atoms with van der Waals surface area (Å²) in [6, 6.07) is 12.1. The highest BCUT2D eigenvalue weighted by atomic mass is 16.5. The number of carbonyl (C=O) groups is 1. The highest BCUT2D eigenvalue weighted by Crippen LogP contribution is 2.27. The number of carbonyl (C=O) groups excluding carboxylic acids is 1. The number of nitrogens with zero attached hydrogens (tertiary/aromatic N) is 4. The summed E-state index contributed by atoms with van der Waals surface area (Å²) in [6.45, 7) is 7.29. The third-order valence-electron chi connectivity index (χ3n) is 6.56. The molecule has 31 heavy (non-hydrogen) atoms. The lowest BCUT2D eigenvalue weighted by Crippen LogP contribution is -2.32. The van der Waals surface area contributed by atoms with Crippen molar-refractivity contribution < 1.29 is 9.53 Å². The molecule has 1 aromatic heterocycles. The second-order valence-corrected chi connectivity index (χ2v) is 8.37. The molecule has 0 saturated carbocycles. The van der Waals surface area contributed by atoms with Crippen LogP contribution >= 0.6 is 0 Å². The zero-order valence-corrected chi connectivity index (χ0v) is 17.8. The second-order valence-electron chi connectivity index (χ2n) is 8.37. The van der Waals surface area contributed by atoms with Crippen molar-refractivity contribution in [3.8, 4) is 11.8 Å². The van der Waals surface area contributed by atoms with Gasteiger partial charge in [0.05, 0.1) is 29.1 Å². The molecule has 3 heterocycles. The van der Waals surface area contributed by atoms with Crippen LogP contribution in [0.15, 0.2) is 36.5 Å². The summed E-state index contributed by atoms with van der Waals surface area (Å²) < 4.78 is 7.19. The Morgan fingerprint density at radius 3 is 2.90 bits per heavy atom. The van der Waals surface area contributed by atoms with Gasteiger partial charge in [-0.15, -0.1) is 0 Å². The number of fused-ring (bicyclic) bond motifs is 2. The first-order chi connectivity index (χ1) is 15.0. The van der Waals surface area contributed by atoms with E-state index in [-0.39, 0.29) is 5.97 Å². The van der Waals surface area contributed by atoms with E-state index >= 15 is 0 Å². The Hall–Kier alpha value is -3.43. The minimum atomic E-state index is -0.206. The maximum absolute atomic E-state index is 11.8. The van der Waals surface area contributed by atoms with Crippen LogP contribution in [-0.2, 0) is 30.7 Å². The van der Waals surface area contributed by atoms with Crippen LogP contribution in [-0.4, -0.2) is 33.7 Å². The number of esters is 1. The summed E-state index contributed by atoms with van der Waals surface area (Å²) in [5.41, 5.74) is 9.43. The second kappa shape index (κ2) is 7.68. The van der Waals surface area contributed by atoms with Crippen molar-refractivity contribution in [1.29, 1.82) is 5.26 Å². The molecule has 3 aromatic rings. The largest absolute Gasteiger partial charge is 0.457 e. The van der Waals surface area contributed by atoms with Gasteiger partial charge in [-0.05, 0) is 61.2 Å². The van der Waals surface area contributed by atoms with Gasteiger partial charge in [-0.1, -0.05) is 6.07 Å². The fourth-order valence-electron chi connectivity index (χ4n) is 4.66. The molecule has 156 valence electrons. The molecule has 0 aliphatic carbocycles. The number of ether oxygens (including phenoxy) is 1. The molecule has 0 bridgehead atoms. The van der Waals surface area contributed by atoms with Crippen molar-refractivity contribution in [2.75, 3.05) is 13.1 Å². The summed E-state index contributed by atoms with van der Waals surface area (Å²) in [5, 5.41) is 13.8. The molecule has 6 nitrogen and oxygen atoms in total. The van der Waals surface area contributed by atoms with E-state index in [0.717, 1.165) is 49.3 Å². The fraction of sp³-hybridized carbons (Fsp3) is 0.320. The van der Waals surface area contributed by atoms with Crippen molar-refractivity contribution in [2.45, 2.75) is 39.8 Å². The minimum absolute atomic E-state index is 0.206. The average Bonchev–Trinajstić information content (AvgIpc) is 3.37. The van der Waals surface area contributed by atoms with Crippen LogP contribution in [0.5, 0.6) is 0 Å². The topological polar surface area (TPSA) is 71.2 Å². The van der Waals surface area contributed by atoms with Gasteiger partial charge in [0.15, 0.2) is 0 Å². The molecular weight excluding hydrogens is 388 g/mol. The van der Waals surface area contributed by atoms with Crippen molar-refractivity contribution >= 4 is 5.97 Å². The summed E-state index contributed by atoms with van der Waals surface area (Å²) >= 11 is 0. The summed E-state index contributed by atoms with van der Waals surface area (Å²) in [6.07, 6.45) is 3.87. The van der Waals surface area contributed by atoms with Crippen LogP contribution < -0.4 is 0 Å². The molecular formula is C25H24N4O2. The number of rotatable bonds is 4. The Balaban J connectivity index is 1.29. The quantitative estimate of drug-likeness (QED) is 0.612. The number of aryl methyl sites for hydroxylation is 1. The zero-order valence-electron chi connectivity index (χ0n) is 17.8. The van der Waals surface area contributed by atoms with Gasteiger partial charge in [0, 0.05) is 42.9 Å². The van der Waals surface area contributed by atoms with Gasteiger partial charge in [-0.2, -0.15) is 10.4 Å². The highest BCUT2D eigenvalue weighted by molar-refractivity contribution is 5.93.